The second-order valence-corrected chi connectivity index (χ2v) is 5.53. The molecule has 0 aliphatic carbocycles. The topological polar surface area (TPSA) is 33.1 Å². The molecule has 2 heterocycles. The number of nitrogens with zero attached hydrogens (tertiary/aromatic N) is 3. The minimum absolute atomic E-state index is 0.440. The lowest BCUT2D eigenvalue weighted by Crippen LogP contribution is -2.21. The smallest absolute Gasteiger partial charge is 0.0994 e. The summed E-state index contributed by atoms with van der Waals surface area (Å²) in [5.74, 6) is 0. The first kappa shape index (κ1) is 14.1. The molecule has 1 aromatic carbocycles. The summed E-state index contributed by atoms with van der Waals surface area (Å²) >= 11 is 0. The third kappa shape index (κ3) is 2.81. The summed E-state index contributed by atoms with van der Waals surface area (Å²) in [5.41, 5.74) is 3.74. The van der Waals surface area contributed by atoms with E-state index in [0.717, 1.165) is 19.6 Å². The van der Waals surface area contributed by atoms with E-state index in [0.29, 0.717) is 6.04 Å². The van der Waals surface area contributed by atoms with E-state index in [1.165, 1.54) is 29.9 Å². The molecular weight excluding hydrogens is 260 g/mol. The zero-order chi connectivity index (χ0) is 14.7. The van der Waals surface area contributed by atoms with Crippen molar-refractivity contribution in [2.24, 2.45) is 0 Å². The van der Waals surface area contributed by atoms with Gasteiger partial charge in [-0.25, -0.2) is 4.98 Å². The van der Waals surface area contributed by atoms with Crippen LogP contribution in [0.4, 0.5) is 5.69 Å². The molecule has 21 heavy (non-hydrogen) atoms. The maximum Gasteiger partial charge on any atom is 0.0994 e. The van der Waals surface area contributed by atoms with Crippen LogP contribution in [0, 0.1) is 0 Å². The normalized spacial score (nSPS) is 18.1. The fourth-order valence-corrected chi connectivity index (χ4v) is 3.13. The molecule has 0 amide bonds. The quantitative estimate of drug-likeness (QED) is 0.915. The second-order valence-electron chi connectivity index (χ2n) is 5.53. The molecule has 4 nitrogen and oxygen atoms in total. The van der Waals surface area contributed by atoms with Crippen LogP contribution in [-0.4, -0.2) is 29.2 Å². The van der Waals surface area contributed by atoms with Crippen molar-refractivity contribution in [3.8, 4) is 5.69 Å². The predicted molar refractivity (Wildman–Crippen MR) is 87.1 cm³/mol. The standard InChI is InChI=1S/C17H24N4/c1-3-20(4-2)14-7-9-15(10-8-14)21-13-18-12-17(21)16-6-5-11-19-16/h7-10,12-13,16,19H,3-6,11H2,1-2H3/t16-/m0/s1. The number of nitrogens with one attached hydrogen (secondary N) is 1. The molecule has 1 N–H and O–H groups in total. The Balaban J connectivity index is 1.86. The fraction of sp³-hybridized carbons (Fsp3) is 0.471. The van der Waals surface area contributed by atoms with Gasteiger partial charge in [0.1, 0.15) is 0 Å². The monoisotopic (exact) mass is 284 g/mol. The number of hydrogen-bond acceptors (Lipinski definition) is 3. The van der Waals surface area contributed by atoms with E-state index in [4.69, 9.17) is 0 Å². The summed E-state index contributed by atoms with van der Waals surface area (Å²) in [4.78, 5) is 6.70. The first-order chi connectivity index (χ1) is 10.3. The summed E-state index contributed by atoms with van der Waals surface area (Å²) in [6, 6.07) is 9.22. The van der Waals surface area contributed by atoms with Gasteiger partial charge in [0.25, 0.3) is 0 Å². The van der Waals surface area contributed by atoms with E-state index in [2.05, 4.69) is 57.9 Å². The van der Waals surface area contributed by atoms with Gasteiger partial charge in [-0.15, -0.1) is 0 Å². The highest BCUT2D eigenvalue weighted by Crippen LogP contribution is 2.26. The van der Waals surface area contributed by atoms with Crippen LogP contribution in [0.3, 0.4) is 0 Å². The van der Waals surface area contributed by atoms with Crippen LogP contribution in [0.1, 0.15) is 38.4 Å². The van der Waals surface area contributed by atoms with E-state index < -0.39 is 0 Å². The summed E-state index contributed by atoms with van der Waals surface area (Å²) in [5, 5.41) is 3.55. The molecule has 1 atom stereocenters. The van der Waals surface area contributed by atoms with Crippen LogP contribution in [0.25, 0.3) is 5.69 Å². The Morgan fingerprint density at radius 2 is 2.00 bits per heavy atom. The number of imidazole rings is 1. The van der Waals surface area contributed by atoms with E-state index >= 15 is 0 Å². The second kappa shape index (κ2) is 6.31. The first-order valence-corrected chi connectivity index (χ1v) is 7.94. The first-order valence-electron chi connectivity index (χ1n) is 7.94. The maximum atomic E-state index is 4.35. The Labute approximate surface area is 126 Å². The average Bonchev–Trinajstić information content (AvgIpc) is 3.20. The van der Waals surface area contributed by atoms with Crippen LogP contribution >= 0.6 is 0 Å². The SMILES string of the molecule is CCN(CC)c1ccc(-n2cncc2[C@@H]2CCCN2)cc1. The molecule has 0 spiro atoms. The lowest BCUT2D eigenvalue weighted by molar-refractivity contribution is 0.615. The third-order valence-corrected chi connectivity index (χ3v) is 4.34. The van der Waals surface area contributed by atoms with Gasteiger partial charge in [0.15, 0.2) is 0 Å². The molecule has 1 aromatic heterocycles. The Kier molecular flexibility index (Phi) is 4.25. The molecule has 1 aliphatic rings. The van der Waals surface area contributed by atoms with E-state index in [1.54, 1.807) is 0 Å². The van der Waals surface area contributed by atoms with Gasteiger partial charge in [-0.3, -0.25) is 0 Å². The zero-order valence-electron chi connectivity index (χ0n) is 12.9. The highest BCUT2D eigenvalue weighted by Gasteiger charge is 2.20. The Morgan fingerprint density at radius 3 is 2.62 bits per heavy atom. The molecular formula is C17H24N4. The van der Waals surface area contributed by atoms with Crippen molar-refractivity contribution in [1.82, 2.24) is 14.9 Å². The van der Waals surface area contributed by atoms with Gasteiger partial charge < -0.3 is 14.8 Å². The van der Waals surface area contributed by atoms with Crippen molar-refractivity contribution >= 4 is 5.69 Å². The van der Waals surface area contributed by atoms with Crippen molar-refractivity contribution in [2.45, 2.75) is 32.7 Å². The number of benzene rings is 1. The Morgan fingerprint density at radius 1 is 1.24 bits per heavy atom. The van der Waals surface area contributed by atoms with Gasteiger partial charge in [-0.05, 0) is 57.5 Å². The van der Waals surface area contributed by atoms with Gasteiger partial charge in [-0.1, -0.05) is 0 Å². The number of rotatable bonds is 5. The minimum Gasteiger partial charge on any atom is -0.372 e. The highest BCUT2D eigenvalue weighted by atomic mass is 15.1. The van der Waals surface area contributed by atoms with Crippen molar-refractivity contribution in [3.05, 3.63) is 42.5 Å². The molecule has 0 unspecified atom stereocenters. The van der Waals surface area contributed by atoms with Crippen molar-refractivity contribution in [1.29, 1.82) is 0 Å². The van der Waals surface area contributed by atoms with Crippen molar-refractivity contribution < 1.29 is 0 Å². The highest BCUT2D eigenvalue weighted by molar-refractivity contribution is 5.51. The zero-order valence-corrected chi connectivity index (χ0v) is 12.9. The van der Waals surface area contributed by atoms with E-state index in [9.17, 15) is 0 Å². The maximum absolute atomic E-state index is 4.35. The van der Waals surface area contributed by atoms with Crippen LogP contribution in [0.15, 0.2) is 36.8 Å². The lowest BCUT2D eigenvalue weighted by atomic mass is 10.1. The average molecular weight is 284 g/mol. The summed E-state index contributed by atoms with van der Waals surface area (Å²) in [6.07, 6.45) is 6.35. The molecule has 0 saturated carbocycles. The van der Waals surface area contributed by atoms with Crippen LogP contribution < -0.4 is 10.2 Å². The Bertz CT molecular complexity index is 563. The van der Waals surface area contributed by atoms with E-state index in [-0.39, 0.29) is 0 Å². The summed E-state index contributed by atoms with van der Waals surface area (Å²) < 4.78 is 2.20. The molecule has 1 fully saturated rings. The number of anilines is 1. The van der Waals surface area contributed by atoms with Crippen LogP contribution in [0.5, 0.6) is 0 Å². The molecule has 2 aromatic rings. The molecule has 0 bridgehead atoms. The van der Waals surface area contributed by atoms with Gasteiger partial charge in [0.05, 0.1) is 18.2 Å². The van der Waals surface area contributed by atoms with Crippen molar-refractivity contribution in [3.63, 3.8) is 0 Å². The summed E-state index contributed by atoms with van der Waals surface area (Å²) in [6.45, 7) is 7.57. The third-order valence-electron chi connectivity index (χ3n) is 4.34. The summed E-state index contributed by atoms with van der Waals surface area (Å²) in [7, 11) is 0. The Hall–Kier alpha value is -1.81. The van der Waals surface area contributed by atoms with Crippen LogP contribution in [0.2, 0.25) is 0 Å². The van der Waals surface area contributed by atoms with Crippen molar-refractivity contribution in [2.75, 3.05) is 24.5 Å². The van der Waals surface area contributed by atoms with Crippen LogP contribution in [-0.2, 0) is 0 Å². The molecule has 4 heteroatoms. The molecule has 1 saturated heterocycles. The molecule has 3 rings (SSSR count). The molecule has 1 aliphatic heterocycles. The molecule has 112 valence electrons. The van der Waals surface area contributed by atoms with E-state index in [1.807, 2.05) is 12.5 Å². The van der Waals surface area contributed by atoms with Gasteiger partial charge >= 0.3 is 0 Å². The molecule has 0 radical (unpaired) electrons. The fourth-order valence-electron chi connectivity index (χ4n) is 3.13. The van der Waals surface area contributed by atoms with Gasteiger partial charge in [-0.2, -0.15) is 0 Å². The number of aromatic nitrogens is 2. The van der Waals surface area contributed by atoms with Gasteiger partial charge in [0.2, 0.25) is 0 Å². The minimum atomic E-state index is 0.440. The predicted octanol–water partition coefficient (Wildman–Crippen LogP) is 3.14. The lowest BCUT2D eigenvalue weighted by Gasteiger charge is -2.21. The largest absolute Gasteiger partial charge is 0.372 e. The number of hydrogen-bond donors (Lipinski definition) is 1. The van der Waals surface area contributed by atoms with Gasteiger partial charge in [0, 0.05) is 30.5 Å².